The summed E-state index contributed by atoms with van der Waals surface area (Å²) in [6, 6.07) is 20.1. The molecule has 4 rings (SSSR count). The zero-order chi connectivity index (χ0) is 19.6. The lowest BCUT2D eigenvalue weighted by molar-refractivity contribution is -0.172. The Hall–Kier alpha value is -2.90. The first-order chi connectivity index (χ1) is 13.6. The van der Waals surface area contributed by atoms with Gasteiger partial charge in [-0.2, -0.15) is 5.06 Å². The number of imide groups is 1. The molecule has 0 saturated carbocycles. The molecule has 4 heteroatoms. The van der Waals surface area contributed by atoms with E-state index in [1.165, 1.54) is 0 Å². The van der Waals surface area contributed by atoms with Gasteiger partial charge in [-0.3, -0.25) is 14.8 Å². The van der Waals surface area contributed by atoms with Crippen LogP contribution in [0.3, 0.4) is 0 Å². The maximum absolute atomic E-state index is 12.8. The Labute approximate surface area is 165 Å². The predicted molar refractivity (Wildman–Crippen MR) is 105 cm³/mol. The number of hydrogen-bond donors (Lipinski definition) is 1. The predicted octanol–water partition coefficient (Wildman–Crippen LogP) is 3.93. The van der Waals surface area contributed by atoms with E-state index in [-0.39, 0.29) is 12.3 Å². The van der Waals surface area contributed by atoms with Crippen molar-refractivity contribution in [3.63, 3.8) is 0 Å². The number of rotatable bonds is 3. The van der Waals surface area contributed by atoms with Gasteiger partial charge in [-0.1, -0.05) is 73.0 Å². The standard InChI is InChI=1S/C24H23NO3/c26-22-17-20(23(27)25(22)28)21-15-9-1-2-10-16-24(21,18-11-5-3-6-12-18)19-13-7-4-8-14-19/h3-8,11-14,20-21,28H,1-2,9,15,17H2. The van der Waals surface area contributed by atoms with Gasteiger partial charge in [-0.25, -0.2) is 0 Å². The molecule has 4 nitrogen and oxygen atoms in total. The highest BCUT2D eigenvalue weighted by Crippen LogP contribution is 2.48. The van der Waals surface area contributed by atoms with Crippen molar-refractivity contribution in [1.29, 1.82) is 0 Å². The van der Waals surface area contributed by atoms with Crippen LogP contribution in [0.1, 0.15) is 43.2 Å². The summed E-state index contributed by atoms with van der Waals surface area (Å²) in [5.74, 6) is 5.07. The van der Waals surface area contributed by atoms with Crippen LogP contribution in [0.4, 0.5) is 0 Å². The highest BCUT2D eigenvalue weighted by molar-refractivity contribution is 6.02. The molecule has 28 heavy (non-hydrogen) atoms. The Balaban J connectivity index is 1.96. The van der Waals surface area contributed by atoms with Crippen LogP contribution in [0, 0.1) is 23.7 Å². The Kier molecular flexibility index (Phi) is 5.02. The van der Waals surface area contributed by atoms with Crippen LogP contribution in [0.25, 0.3) is 0 Å². The van der Waals surface area contributed by atoms with Crippen molar-refractivity contribution in [3.8, 4) is 11.8 Å². The van der Waals surface area contributed by atoms with Gasteiger partial charge >= 0.3 is 0 Å². The largest absolute Gasteiger partial charge is 0.279 e. The van der Waals surface area contributed by atoms with Crippen molar-refractivity contribution in [1.82, 2.24) is 5.06 Å². The van der Waals surface area contributed by atoms with Crippen molar-refractivity contribution in [2.24, 2.45) is 11.8 Å². The summed E-state index contributed by atoms with van der Waals surface area (Å²) in [6.07, 6.45) is 3.53. The number of hydrogen-bond acceptors (Lipinski definition) is 3. The Morgan fingerprint density at radius 1 is 0.929 bits per heavy atom. The van der Waals surface area contributed by atoms with E-state index in [2.05, 4.69) is 11.8 Å². The molecule has 2 atom stereocenters. The van der Waals surface area contributed by atoms with E-state index in [9.17, 15) is 14.8 Å². The molecule has 0 spiro atoms. The molecule has 1 aliphatic heterocycles. The molecule has 2 amide bonds. The molecular formula is C24H23NO3. The SMILES string of the molecule is O=C1CC(C2CCCCC#CC2(c2ccccc2)c2ccccc2)C(=O)N1O. The second-order valence-corrected chi connectivity index (χ2v) is 7.55. The normalized spacial score (nSPS) is 24.2. The molecule has 1 heterocycles. The van der Waals surface area contributed by atoms with Crippen molar-refractivity contribution in [3.05, 3.63) is 71.8 Å². The van der Waals surface area contributed by atoms with Gasteiger partial charge in [-0.05, 0) is 29.9 Å². The third-order valence-corrected chi connectivity index (χ3v) is 6.01. The first-order valence-electron chi connectivity index (χ1n) is 9.81. The zero-order valence-electron chi connectivity index (χ0n) is 15.7. The summed E-state index contributed by atoms with van der Waals surface area (Å²) in [7, 11) is 0. The summed E-state index contributed by atoms with van der Waals surface area (Å²) >= 11 is 0. The molecular weight excluding hydrogens is 350 g/mol. The average molecular weight is 373 g/mol. The van der Waals surface area contributed by atoms with Crippen LogP contribution in [0.15, 0.2) is 60.7 Å². The van der Waals surface area contributed by atoms with E-state index < -0.39 is 23.1 Å². The van der Waals surface area contributed by atoms with E-state index in [1.54, 1.807) is 0 Å². The van der Waals surface area contributed by atoms with Crippen molar-refractivity contribution < 1.29 is 14.8 Å². The van der Waals surface area contributed by atoms with Crippen molar-refractivity contribution >= 4 is 11.8 Å². The zero-order valence-corrected chi connectivity index (χ0v) is 15.7. The molecule has 142 valence electrons. The average Bonchev–Trinajstić information content (AvgIpc) is 2.97. The summed E-state index contributed by atoms with van der Waals surface area (Å²) in [4.78, 5) is 24.9. The minimum atomic E-state index is -0.700. The monoisotopic (exact) mass is 373 g/mol. The van der Waals surface area contributed by atoms with Gasteiger partial charge in [-0.15, -0.1) is 5.92 Å². The number of benzene rings is 2. The molecule has 1 N–H and O–H groups in total. The molecule has 0 bridgehead atoms. The van der Waals surface area contributed by atoms with Gasteiger partial charge in [0.2, 0.25) is 0 Å². The second-order valence-electron chi connectivity index (χ2n) is 7.55. The number of amides is 2. The lowest BCUT2D eigenvalue weighted by atomic mass is 9.60. The van der Waals surface area contributed by atoms with E-state index >= 15 is 0 Å². The number of carbonyl (C=O) groups excluding carboxylic acids is 2. The Morgan fingerprint density at radius 2 is 1.54 bits per heavy atom. The topological polar surface area (TPSA) is 57.6 Å². The quantitative estimate of drug-likeness (QED) is 0.504. The second kappa shape index (κ2) is 7.61. The molecule has 1 aliphatic carbocycles. The fraction of sp³-hybridized carbons (Fsp3) is 0.333. The van der Waals surface area contributed by atoms with Crippen LogP contribution < -0.4 is 0 Å². The third-order valence-electron chi connectivity index (χ3n) is 6.01. The number of carbonyl (C=O) groups is 2. The highest BCUT2D eigenvalue weighted by atomic mass is 16.5. The van der Waals surface area contributed by atoms with Crippen molar-refractivity contribution in [2.45, 2.75) is 37.5 Å². The molecule has 0 radical (unpaired) electrons. The van der Waals surface area contributed by atoms with Crippen LogP contribution >= 0.6 is 0 Å². The van der Waals surface area contributed by atoms with Gasteiger partial charge < -0.3 is 0 Å². The van der Waals surface area contributed by atoms with Crippen LogP contribution in [0.2, 0.25) is 0 Å². The number of nitrogens with zero attached hydrogens (tertiary/aromatic N) is 1. The maximum Gasteiger partial charge on any atom is 0.257 e. The van der Waals surface area contributed by atoms with Gasteiger partial charge in [0.1, 0.15) is 0 Å². The van der Waals surface area contributed by atoms with Gasteiger partial charge in [0, 0.05) is 12.8 Å². The number of hydroxylamine groups is 2. The lowest BCUT2D eigenvalue weighted by Crippen LogP contribution is -2.42. The van der Waals surface area contributed by atoms with Gasteiger partial charge in [0.25, 0.3) is 11.8 Å². The van der Waals surface area contributed by atoms with Gasteiger partial charge in [0.15, 0.2) is 0 Å². The van der Waals surface area contributed by atoms with Crippen LogP contribution in [-0.4, -0.2) is 22.1 Å². The summed E-state index contributed by atoms with van der Waals surface area (Å²) in [5.41, 5.74) is 1.35. The Bertz CT molecular complexity index is 887. The van der Waals surface area contributed by atoms with E-state index in [0.717, 1.165) is 36.8 Å². The minimum absolute atomic E-state index is 0.0309. The van der Waals surface area contributed by atoms with E-state index in [4.69, 9.17) is 0 Å². The summed E-state index contributed by atoms with van der Waals surface area (Å²) in [5, 5.41) is 10.2. The lowest BCUT2D eigenvalue weighted by Gasteiger charge is -2.41. The Morgan fingerprint density at radius 3 is 2.07 bits per heavy atom. The fourth-order valence-electron chi connectivity index (χ4n) is 4.69. The minimum Gasteiger partial charge on any atom is -0.279 e. The van der Waals surface area contributed by atoms with Gasteiger partial charge in [0.05, 0.1) is 11.3 Å². The molecule has 2 aromatic carbocycles. The summed E-state index contributed by atoms with van der Waals surface area (Å²) in [6.45, 7) is 0. The van der Waals surface area contributed by atoms with Crippen molar-refractivity contribution in [2.75, 3.05) is 0 Å². The molecule has 2 aromatic rings. The van der Waals surface area contributed by atoms with Crippen LogP contribution in [0.5, 0.6) is 0 Å². The smallest absolute Gasteiger partial charge is 0.257 e. The molecule has 2 unspecified atom stereocenters. The first-order valence-corrected chi connectivity index (χ1v) is 9.81. The fourth-order valence-corrected chi connectivity index (χ4v) is 4.69. The summed E-state index contributed by atoms with van der Waals surface area (Å²) < 4.78 is 0. The van der Waals surface area contributed by atoms with Crippen LogP contribution in [-0.2, 0) is 15.0 Å². The van der Waals surface area contributed by atoms with E-state index in [1.807, 2.05) is 60.7 Å². The highest BCUT2D eigenvalue weighted by Gasteiger charge is 2.52. The first kappa shape index (κ1) is 18.5. The molecule has 2 aliphatic rings. The van der Waals surface area contributed by atoms with E-state index in [0.29, 0.717) is 5.06 Å². The molecule has 1 fully saturated rings. The molecule has 1 saturated heterocycles. The maximum atomic E-state index is 12.8. The third kappa shape index (κ3) is 3.02. The molecule has 0 aromatic heterocycles.